The molecule has 1 saturated heterocycles. The molecular weight excluding hydrogens is 475 g/mol. The van der Waals surface area contributed by atoms with Gasteiger partial charge in [-0.1, -0.05) is 30.3 Å². The molecule has 1 fully saturated rings. The SMILES string of the molecule is CCOC(=O)[C@@H]1CCCN(c2nc(-c3ccc(OC)cc3F)c3c(N)n(Cc4ccccc4)nc3n2)C1. The maximum Gasteiger partial charge on any atom is 0.310 e. The van der Waals surface area contributed by atoms with Crippen molar-refractivity contribution in [2.24, 2.45) is 5.92 Å². The molecule has 37 heavy (non-hydrogen) atoms. The van der Waals surface area contributed by atoms with Crippen LogP contribution in [0, 0.1) is 11.7 Å². The Hall–Kier alpha value is -4.21. The van der Waals surface area contributed by atoms with E-state index in [1.807, 2.05) is 35.2 Å². The number of piperidine rings is 1. The standard InChI is InChI=1S/C27H29FN6O3/c1-3-37-26(35)18-10-7-13-33(16-18)27-30-23(20-12-11-19(36-2)14-21(20)28)22-24(29)34(32-25(22)31-27)15-17-8-5-4-6-9-17/h4-6,8-9,11-12,14,18H,3,7,10,13,15-16,29H2,1-2H3/t18-/m1/s1. The molecule has 0 radical (unpaired) electrons. The molecule has 0 bridgehead atoms. The summed E-state index contributed by atoms with van der Waals surface area (Å²) in [6, 6.07) is 14.4. The van der Waals surface area contributed by atoms with Gasteiger partial charge in [0.15, 0.2) is 5.65 Å². The van der Waals surface area contributed by atoms with E-state index in [1.54, 1.807) is 23.7 Å². The van der Waals surface area contributed by atoms with Crippen LogP contribution in [0.15, 0.2) is 48.5 Å². The normalized spacial score (nSPS) is 15.6. The van der Waals surface area contributed by atoms with Crippen molar-refractivity contribution in [1.29, 1.82) is 0 Å². The van der Waals surface area contributed by atoms with Crippen LogP contribution in [0.4, 0.5) is 16.2 Å². The third-order valence-corrected chi connectivity index (χ3v) is 6.56. The van der Waals surface area contributed by atoms with Gasteiger partial charge in [-0.05, 0) is 37.5 Å². The summed E-state index contributed by atoms with van der Waals surface area (Å²) in [4.78, 5) is 23.8. The largest absolute Gasteiger partial charge is 0.497 e. The molecule has 0 spiro atoms. The number of esters is 1. The van der Waals surface area contributed by atoms with E-state index >= 15 is 4.39 Å². The highest BCUT2D eigenvalue weighted by molar-refractivity contribution is 5.99. The van der Waals surface area contributed by atoms with Crippen molar-refractivity contribution in [1.82, 2.24) is 19.7 Å². The summed E-state index contributed by atoms with van der Waals surface area (Å²) in [5, 5.41) is 5.15. The van der Waals surface area contributed by atoms with E-state index in [4.69, 9.17) is 25.2 Å². The molecule has 3 heterocycles. The average molecular weight is 505 g/mol. The molecule has 0 saturated carbocycles. The number of halogens is 1. The zero-order chi connectivity index (χ0) is 25.9. The zero-order valence-corrected chi connectivity index (χ0v) is 20.9. The van der Waals surface area contributed by atoms with E-state index in [2.05, 4.69) is 5.10 Å². The monoisotopic (exact) mass is 504 g/mol. The maximum absolute atomic E-state index is 15.3. The first kappa shape index (κ1) is 24.5. The van der Waals surface area contributed by atoms with Crippen LogP contribution in [-0.2, 0) is 16.1 Å². The minimum Gasteiger partial charge on any atom is -0.497 e. The Balaban J connectivity index is 1.62. The van der Waals surface area contributed by atoms with E-state index in [0.717, 1.165) is 18.4 Å². The Bertz CT molecular complexity index is 1420. The molecule has 10 heteroatoms. The lowest BCUT2D eigenvalue weighted by Crippen LogP contribution is -2.40. The second-order valence-electron chi connectivity index (χ2n) is 8.98. The van der Waals surface area contributed by atoms with E-state index in [0.29, 0.717) is 60.5 Å². The fraction of sp³-hybridized carbons (Fsp3) is 0.333. The number of carbonyl (C=O) groups is 1. The number of rotatable bonds is 7. The molecule has 4 aromatic rings. The Morgan fingerprint density at radius 3 is 2.73 bits per heavy atom. The number of benzene rings is 2. The fourth-order valence-corrected chi connectivity index (χ4v) is 4.68. The molecule has 2 aromatic heterocycles. The Morgan fingerprint density at radius 2 is 2.00 bits per heavy atom. The van der Waals surface area contributed by atoms with Gasteiger partial charge in [-0.2, -0.15) is 4.98 Å². The van der Waals surface area contributed by atoms with Crippen molar-refractivity contribution in [2.45, 2.75) is 26.3 Å². The second-order valence-corrected chi connectivity index (χ2v) is 8.98. The molecule has 1 aliphatic rings. The number of nitrogens with zero attached hydrogens (tertiary/aromatic N) is 5. The Kier molecular flexibility index (Phi) is 6.89. The van der Waals surface area contributed by atoms with Gasteiger partial charge < -0.3 is 20.1 Å². The van der Waals surface area contributed by atoms with E-state index in [1.165, 1.54) is 13.2 Å². The van der Waals surface area contributed by atoms with Gasteiger partial charge in [0.05, 0.1) is 37.3 Å². The summed E-state index contributed by atoms with van der Waals surface area (Å²) in [5.74, 6) is 0.104. The molecule has 192 valence electrons. The molecule has 0 amide bonds. The number of anilines is 2. The molecule has 2 N–H and O–H groups in total. The van der Waals surface area contributed by atoms with Gasteiger partial charge in [0.2, 0.25) is 5.95 Å². The Morgan fingerprint density at radius 1 is 1.19 bits per heavy atom. The van der Waals surface area contributed by atoms with Crippen molar-refractivity contribution in [3.63, 3.8) is 0 Å². The lowest BCUT2D eigenvalue weighted by molar-refractivity contribution is -0.148. The smallest absolute Gasteiger partial charge is 0.310 e. The number of carbonyl (C=O) groups excluding carboxylic acids is 1. The van der Waals surface area contributed by atoms with Gasteiger partial charge in [-0.25, -0.2) is 14.1 Å². The number of aromatic nitrogens is 4. The minimum atomic E-state index is -0.497. The first-order valence-corrected chi connectivity index (χ1v) is 12.3. The van der Waals surface area contributed by atoms with Gasteiger partial charge >= 0.3 is 5.97 Å². The highest BCUT2D eigenvalue weighted by Gasteiger charge is 2.30. The number of ether oxygens (including phenoxy) is 2. The van der Waals surface area contributed by atoms with Gasteiger partial charge in [0.1, 0.15) is 17.4 Å². The number of fused-ring (bicyclic) bond motifs is 1. The molecule has 1 aliphatic heterocycles. The number of hydrogen-bond donors (Lipinski definition) is 1. The fourth-order valence-electron chi connectivity index (χ4n) is 4.68. The van der Waals surface area contributed by atoms with Crippen LogP contribution < -0.4 is 15.4 Å². The molecule has 5 rings (SSSR count). The van der Waals surface area contributed by atoms with E-state index in [-0.39, 0.29) is 17.5 Å². The predicted molar refractivity (Wildman–Crippen MR) is 139 cm³/mol. The van der Waals surface area contributed by atoms with Gasteiger partial charge in [-0.15, -0.1) is 5.10 Å². The first-order chi connectivity index (χ1) is 18.0. The van der Waals surface area contributed by atoms with Crippen molar-refractivity contribution < 1.29 is 18.7 Å². The van der Waals surface area contributed by atoms with Crippen molar-refractivity contribution in [3.8, 4) is 17.0 Å². The van der Waals surface area contributed by atoms with Gasteiger partial charge in [-0.3, -0.25) is 4.79 Å². The zero-order valence-electron chi connectivity index (χ0n) is 20.9. The summed E-state index contributed by atoms with van der Waals surface area (Å²) in [6.45, 7) is 3.62. The van der Waals surface area contributed by atoms with Crippen LogP contribution in [0.3, 0.4) is 0 Å². The Labute approximate surface area is 214 Å². The van der Waals surface area contributed by atoms with Crippen LogP contribution in [0.5, 0.6) is 5.75 Å². The van der Waals surface area contributed by atoms with E-state index < -0.39 is 5.82 Å². The summed E-state index contributed by atoms with van der Waals surface area (Å²) in [5.41, 5.74) is 8.54. The van der Waals surface area contributed by atoms with Crippen LogP contribution in [0.2, 0.25) is 0 Å². The highest BCUT2D eigenvalue weighted by Crippen LogP contribution is 2.35. The molecule has 1 atom stereocenters. The topological polar surface area (TPSA) is 108 Å². The van der Waals surface area contributed by atoms with Crippen LogP contribution >= 0.6 is 0 Å². The van der Waals surface area contributed by atoms with Crippen LogP contribution in [0.1, 0.15) is 25.3 Å². The lowest BCUT2D eigenvalue weighted by Gasteiger charge is -2.31. The second kappa shape index (κ2) is 10.4. The van der Waals surface area contributed by atoms with Crippen LogP contribution in [-0.4, -0.2) is 52.5 Å². The third-order valence-electron chi connectivity index (χ3n) is 6.56. The van der Waals surface area contributed by atoms with Crippen molar-refractivity contribution >= 4 is 28.8 Å². The first-order valence-electron chi connectivity index (χ1n) is 12.3. The highest BCUT2D eigenvalue weighted by atomic mass is 19.1. The minimum absolute atomic E-state index is 0.230. The average Bonchev–Trinajstić information content (AvgIpc) is 3.23. The van der Waals surface area contributed by atoms with Crippen LogP contribution in [0.25, 0.3) is 22.3 Å². The van der Waals surface area contributed by atoms with Crippen molar-refractivity contribution in [3.05, 3.63) is 59.9 Å². The molecule has 2 aromatic carbocycles. The summed E-state index contributed by atoms with van der Waals surface area (Å²) < 4.78 is 27.3. The number of nitrogens with two attached hydrogens (primary N) is 1. The molecule has 9 nitrogen and oxygen atoms in total. The summed E-state index contributed by atoms with van der Waals surface area (Å²) >= 11 is 0. The number of methoxy groups -OCH3 is 1. The quantitative estimate of drug-likeness (QED) is 0.376. The van der Waals surface area contributed by atoms with E-state index in [9.17, 15) is 4.79 Å². The maximum atomic E-state index is 15.3. The number of nitrogen functional groups attached to an aromatic ring is 1. The lowest BCUT2D eigenvalue weighted by atomic mass is 9.98. The summed E-state index contributed by atoms with van der Waals surface area (Å²) in [7, 11) is 1.48. The van der Waals surface area contributed by atoms with Crippen molar-refractivity contribution in [2.75, 3.05) is 37.4 Å². The van der Waals surface area contributed by atoms with Gasteiger partial charge in [0.25, 0.3) is 0 Å². The number of hydrogen-bond acceptors (Lipinski definition) is 8. The van der Waals surface area contributed by atoms with Gasteiger partial charge in [0, 0.05) is 24.7 Å². The predicted octanol–water partition coefficient (Wildman–Crippen LogP) is 4.05. The molecular formula is C27H29FN6O3. The molecule has 0 aliphatic carbocycles. The third kappa shape index (κ3) is 4.91. The summed E-state index contributed by atoms with van der Waals surface area (Å²) in [6.07, 6.45) is 1.51. The molecule has 0 unspecified atom stereocenters.